The molecule has 0 bridgehead atoms. The van der Waals surface area contributed by atoms with Crippen molar-refractivity contribution in [2.45, 2.75) is 27.2 Å². The molecule has 1 aromatic heterocycles. The Morgan fingerprint density at radius 2 is 2.10 bits per heavy atom. The van der Waals surface area contributed by atoms with Crippen molar-refractivity contribution >= 4 is 11.5 Å². The molecule has 0 unspecified atom stereocenters. The van der Waals surface area contributed by atoms with Crippen LogP contribution in [0.2, 0.25) is 0 Å². The zero-order chi connectivity index (χ0) is 15.0. The van der Waals surface area contributed by atoms with E-state index in [0.717, 1.165) is 47.0 Å². The van der Waals surface area contributed by atoms with Crippen molar-refractivity contribution in [3.8, 4) is 5.75 Å². The first-order valence-corrected chi connectivity index (χ1v) is 7.34. The van der Waals surface area contributed by atoms with Crippen LogP contribution in [-0.4, -0.2) is 18.1 Å². The lowest BCUT2D eigenvalue weighted by Crippen LogP contribution is -2.16. The van der Waals surface area contributed by atoms with E-state index in [1.165, 1.54) is 0 Å². The molecular weight excluding hydrogens is 264 g/mol. The molecule has 4 heteroatoms. The molecule has 2 heterocycles. The molecule has 0 saturated carbocycles. The molecule has 4 nitrogen and oxygen atoms in total. The number of rotatable bonds is 3. The van der Waals surface area contributed by atoms with Gasteiger partial charge < -0.3 is 14.6 Å². The van der Waals surface area contributed by atoms with Crippen LogP contribution in [0.25, 0.3) is 0 Å². The summed E-state index contributed by atoms with van der Waals surface area (Å²) in [5.41, 5.74) is 4.19. The Balaban J connectivity index is 2.03. The summed E-state index contributed by atoms with van der Waals surface area (Å²) >= 11 is 0. The van der Waals surface area contributed by atoms with Crippen LogP contribution >= 0.6 is 0 Å². The van der Waals surface area contributed by atoms with Gasteiger partial charge in [0.2, 0.25) is 0 Å². The molecule has 0 fully saturated rings. The van der Waals surface area contributed by atoms with E-state index >= 15 is 0 Å². The second kappa shape index (κ2) is 5.28. The van der Waals surface area contributed by atoms with Crippen LogP contribution < -0.4 is 15.1 Å². The molecule has 1 aliphatic rings. The molecule has 0 saturated heterocycles. The van der Waals surface area contributed by atoms with Gasteiger partial charge >= 0.3 is 0 Å². The summed E-state index contributed by atoms with van der Waals surface area (Å²) in [6.07, 6.45) is 0.789. The lowest BCUT2D eigenvalue weighted by molar-refractivity contribution is 0.340. The lowest BCUT2D eigenvalue weighted by Gasteiger charge is -2.22. The van der Waals surface area contributed by atoms with E-state index < -0.39 is 0 Å². The number of H-pyrrole nitrogens is 1. The first-order chi connectivity index (χ1) is 10.1. The molecule has 0 aliphatic carbocycles. The van der Waals surface area contributed by atoms with Crippen LogP contribution in [0, 0.1) is 13.8 Å². The molecule has 21 heavy (non-hydrogen) atoms. The highest BCUT2D eigenvalue weighted by Gasteiger charge is 2.24. The lowest BCUT2D eigenvalue weighted by atomic mass is 10.1. The maximum absolute atomic E-state index is 12.1. The van der Waals surface area contributed by atoms with Crippen molar-refractivity contribution in [2.24, 2.45) is 0 Å². The monoisotopic (exact) mass is 284 g/mol. The highest BCUT2D eigenvalue weighted by atomic mass is 16.5. The normalized spacial score (nSPS) is 13.4. The zero-order valence-electron chi connectivity index (χ0n) is 12.7. The second-order valence-corrected chi connectivity index (χ2v) is 5.43. The fourth-order valence-electron chi connectivity index (χ4n) is 2.93. The average molecular weight is 284 g/mol. The number of hydrogen-bond acceptors (Lipinski definition) is 3. The van der Waals surface area contributed by atoms with Crippen LogP contribution in [0.4, 0.5) is 11.5 Å². The zero-order valence-corrected chi connectivity index (χ0v) is 12.7. The van der Waals surface area contributed by atoms with E-state index in [0.29, 0.717) is 6.61 Å². The van der Waals surface area contributed by atoms with Gasteiger partial charge in [0, 0.05) is 29.6 Å². The molecular formula is C17H20N2O2. The number of hydrogen-bond donors (Lipinski definition) is 1. The van der Waals surface area contributed by atoms with E-state index in [-0.39, 0.29) is 5.43 Å². The number of aromatic nitrogens is 1. The maximum atomic E-state index is 12.1. The number of aromatic amines is 1. The fraction of sp³-hybridized carbons (Fsp3) is 0.353. The van der Waals surface area contributed by atoms with Crippen molar-refractivity contribution in [1.29, 1.82) is 0 Å². The summed E-state index contributed by atoms with van der Waals surface area (Å²) in [5.74, 6) is 1.82. The number of fused-ring (bicyclic) bond motifs is 1. The van der Waals surface area contributed by atoms with Gasteiger partial charge in [-0.05, 0) is 51.0 Å². The summed E-state index contributed by atoms with van der Waals surface area (Å²) in [6.45, 7) is 7.47. The Bertz CT molecular complexity index is 734. The van der Waals surface area contributed by atoms with Gasteiger partial charge in [-0.15, -0.1) is 0 Å². The average Bonchev–Trinajstić information content (AvgIpc) is 2.83. The number of nitrogens with one attached hydrogen (secondary N) is 1. The molecule has 0 spiro atoms. The van der Waals surface area contributed by atoms with Gasteiger partial charge in [-0.25, -0.2) is 0 Å². The smallest absolute Gasteiger partial charge is 0.187 e. The Kier molecular flexibility index (Phi) is 3.45. The van der Waals surface area contributed by atoms with E-state index in [4.69, 9.17) is 4.74 Å². The van der Waals surface area contributed by atoms with Gasteiger partial charge in [0.1, 0.15) is 11.6 Å². The van der Waals surface area contributed by atoms with Crippen molar-refractivity contribution < 1.29 is 4.74 Å². The van der Waals surface area contributed by atoms with Gasteiger partial charge in [0.25, 0.3) is 0 Å². The number of aryl methyl sites for hydroxylation is 2. The van der Waals surface area contributed by atoms with Gasteiger partial charge in [0.15, 0.2) is 5.43 Å². The summed E-state index contributed by atoms with van der Waals surface area (Å²) in [6, 6.07) is 7.77. The molecule has 1 aromatic carbocycles. The Morgan fingerprint density at radius 3 is 2.81 bits per heavy atom. The highest BCUT2D eigenvalue weighted by molar-refractivity contribution is 5.69. The van der Waals surface area contributed by atoms with Gasteiger partial charge in [-0.3, -0.25) is 4.79 Å². The molecule has 1 N–H and O–H groups in total. The van der Waals surface area contributed by atoms with Gasteiger partial charge in [-0.1, -0.05) is 0 Å². The number of ether oxygens (including phenoxy) is 1. The molecule has 110 valence electrons. The third-order valence-electron chi connectivity index (χ3n) is 3.87. The first-order valence-electron chi connectivity index (χ1n) is 7.34. The quantitative estimate of drug-likeness (QED) is 0.942. The summed E-state index contributed by atoms with van der Waals surface area (Å²) in [7, 11) is 0. The number of benzene rings is 1. The van der Waals surface area contributed by atoms with E-state index in [9.17, 15) is 4.79 Å². The Morgan fingerprint density at radius 1 is 1.29 bits per heavy atom. The van der Waals surface area contributed by atoms with Crippen LogP contribution in [0.15, 0.2) is 29.1 Å². The van der Waals surface area contributed by atoms with Crippen molar-refractivity contribution in [1.82, 2.24) is 4.98 Å². The molecule has 0 radical (unpaired) electrons. The van der Waals surface area contributed by atoms with Crippen molar-refractivity contribution in [3.05, 3.63) is 51.3 Å². The van der Waals surface area contributed by atoms with Crippen molar-refractivity contribution in [2.75, 3.05) is 18.1 Å². The van der Waals surface area contributed by atoms with E-state index in [1.807, 2.05) is 26.0 Å². The minimum atomic E-state index is 0.132. The predicted molar refractivity (Wildman–Crippen MR) is 84.9 cm³/mol. The van der Waals surface area contributed by atoms with Gasteiger partial charge in [-0.2, -0.15) is 0 Å². The van der Waals surface area contributed by atoms with Crippen LogP contribution in [-0.2, 0) is 6.42 Å². The molecule has 0 atom stereocenters. The SMILES string of the molecule is CCOc1ccc(N2CCc3c2[nH]c(C)cc3=O)c(C)c1. The Labute approximate surface area is 124 Å². The molecule has 0 amide bonds. The van der Waals surface area contributed by atoms with Crippen LogP contribution in [0.5, 0.6) is 5.75 Å². The summed E-state index contributed by atoms with van der Waals surface area (Å²) in [5, 5.41) is 0. The minimum Gasteiger partial charge on any atom is -0.494 e. The highest BCUT2D eigenvalue weighted by Crippen LogP contribution is 2.34. The van der Waals surface area contributed by atoms with Gasteiger partial charge in [0.05, 0.1) is 6.61 Å². The molecule has 2 aromatic rings. The topological polar surface area (TPSA) is 45.3 Å². The third kappa shape index (κ3) is 2.42. The molecule has 3 rings (SSSR count). The first kappa shape index (κ1) is 13.7. The van der Waals surface area contributed by atoms with Crippen molar-refractivity contribution in [3.63, 3.8) is 0 Å². The second-order valence-electron chi connectivity index (χ2n) is 5.43. The number of anilines is 2. The largest absolute Gasteiger partial charge is 0.494 e. The standard InChI is InChI=1S/C17H20N2O2/c1-4-21-13-5-6-15(11(2)9-13)19-8-7-14-16(20)10-12(3)18-17(14)19/h5-6,9-10H,4,7-8H2,1-3H3,(H,18,20). The van der Waals surface area contributed by atoms with E-state index in [1.54, 1.807) is 6.07 Å². The molecule has 1 aliphatic heterocycles. The van der Waals surface area contributed by atoms with Crippen LogP contribution in [0.1, 0.15) is 23.7 Å². The Hall–Kier alpha value is -2.23. The maximum Gasteiger partial charge on any atom is 0.187 e. The number of nitrogens with zero attached hydrogens (tertiary/aromatic N) is 1. The number of pyridine rings is 1. The van der Waals surface area contributed by atoms with E-state index in [2.05, 4.69) is 22.9 Å². The fourth-order valence-corrected chi connectivity index (χ4v) is 2.93. The minimum absolute atomic E-state index is 0.132. The summed E-state index contributed by atoms with van der Waals surface area (Å²) in [4.78, 5) is 17.6. The summed E-state index contributed by atoms with van der Waals surface area (Å²) < 4.78 is 5.54. The third-order valence-corrected chi connectivity index (χ3v) is 3.87. The predicted octanol–water partition coefficient (Wildman–Crippen LogP) is 3.08. The van der Waals surface area contributed by atoms with Crippen LogP contribution in [0.3, 0.4) is 0 Å².